The van der Waals surface area contributed by atoms with E-state index in [2.05, 4.69) is 5.10 Å². The highest BCUT2D eigenvalue weighted by Crippen LogP contribution is 2.52. The largest absolute Gasteiger partial charge is 0.479 e. The van der Waals surface area contributed by atoms with Crippen molar-refractivity contribution in [2.24, 2.45) is 28.8 Å². The first kappa shape index (κ1) is 16.5. The van der Waals surface area contributed by atoms with Crippen LogP contribution in [0.5, 0.6) is 5.75 Å². The van der Waals surface area contributed by atoms with Crippen molar-refractivity contribution >= 4 is 24.0 Å². The van der Waals surface area contributed by atoms with Crippen LogP contribution >= 0.6 is 0 Å². The molecule has 1 aromatic carbocycles. The second-order valence-electron chi connectivity index (χ2n) is 6.90. The van der Waals surface area contributed by atoms with Gasteiger partial charge in [-0.3, -0.25) is 9.59 Å². The molecule has 134 valence electrons. The summed E-state index contributed by atoms with van der Waals surface area (Å²) < 4.78 is 5.25. The number of amides is 2. The topological polar surface area (TPSA) is 96.3 Å². The number of hydrogen-bond acceptors (Lipinski definition) is 5. The van der Waals surface area contributed by atoms with Gasteiger partial charge in [-0.2, -0.15) is 10.1 Å². The van der Waals surface area contributed by atoms with E-state index in [1.165, 1.54) is 13.1 Å². The maximum absolute atomic E-state index is 12.5. The summed E-state index contributed by atoms with van der Waals surface area (Å²) in [5.74, 6) is -1.26. The minimum absolute atomic E-state index is 0.161. The average molecular weight is 354 g/mol. The first-order valence-corrected chi connectivity index (χ1v) is 8.55. The zero-order valence-corrected chi connectivity index (χ0v) is 14.1. The van der Waals surface area contributed by atoms with Gasteiger partial charge >= 0.3 is 5.97 Å². The Labute approximate surface area is 149 Å². The first-order chi connectivity index (χ1) is 12.5. The van der Waals surface area contributed by atoms with Crippen molar-refractivity contribution in [2.45, 2.75) is 19.4 Å². The SMILES string of the molecule is CC(Oc1ccc(C=NN2C(=O)C3C4C=CC(C4)C3C2=O)cc1)C(=O)O. The molecule has 2 bridgehead atoms. The minimum Gasteiger partial charge on any atom is -0.479 e. The maximum Gasteiger partial charge on any atom is 0.344 e. The number of aliphatic carboxylic acids is 1. The van der Waals surface area contributed by atoms with E-state index >= 15 is 0 Å². The lowest BCUT2D eigenvalue weighted by atomic mass is 9.85. The third-order valence-electron chi connectivity index (χ3n) is 5.31. The Hall–Kier alpha value is -2.96. The minimum atomic E-state index is -1.05. The van der Waals surface area contributed by atoms with Crippen molar-refractivity contribution in [1.29, 1.82) is 0 Å². The lowest BCUT2D eigenvalue weighted by Crippen LogP contribution is -2.28. The number of allylic oxidation sites excluding steroid dienone is 2. The summed E-state index contributed by atoms with van der Waals surface area (Å²) in [6.45, 7) is 1.45. The van der Waals surface area contributed by atoms with Gasteiger partial charge in [0.05, 0.1) is 18.1 Å². The molecule has 1 N–H and O–H groups in total. The molecule has 3 aliphatic rings. The van der Waals surface area contributed by atoms with Crippen LogP contribution in [0.25, 0.3) is 0 Å². The number of hydrazone groups is 1. The summed E-state index contributed by atoms with van der Waals surface area (Å²) in [5.41, 5.74) is 0.680. The zero-order chi connectivity index (χ0) is 18.4. The zero-order valence-electron chi connectivity index (χ0n) is 14.1. The monoisotopic (exact) mass is 354 g/mol. The van der Waals surface area contributed by atoms with E-state index in [0.29, 0.717) is 11.3 Å². The highest BCUT2D eigenvalue weighted by Gasteiger charge is 2.59. The summed E-state index contributed by atoms with van der Waals surface area (Å²) in [6, 6.07) is 6.61. The number of nitrogens with zero attached hydrogens (tertiary/aromatic N) is 2. The normalized spacial score (nSPS) is 30.3. The maximum atomic E-state index is 12.5. The van der Waals surface area contributed by atoms with Crippen molar-refractivity contribution in [3.63, 3.8) is 0 Å². The molecule has 1 aromatic rings. The Morgan fingerprint density at radius 2 is 1.77 bits per heavy atom. The number of imide groups is 1. The molecule has 2 aliphatic carbocycles. The number of fused-ring (bicyclic) bond motifs is 5. The van der Waals surface area contributed by atoms with Crippen LogP contribution < -0.4 is 4.74 Å². The molecule has 1 saturated carbocycles. The Bertz CT molecular complexity index is 799. The average Bonchev–Trinajstić information content (AvgIpc) is 3.29. The number of hydrogen-bond donors (Lipinski definition) is 1. The number of benzene rings is 1. The third-order valence-corrected chi connectivity index (χ3v) is 5.31. The van der Waals surface area contributed by atoms with Crippen molar-refractivity contribution in [1.82, 2.24) is 5.01 Å². The van der Waals surface area contributed by atoms with Crippen LogP contribution in [0.3, 0.4) is 0 Å². The number of rotatable bonds is 5. The van der Waals surface area contributed by atoms with Crippen LogP contribution in [0.15, 0.2) is 41.5 Å². The first-order valence-electron chi connectivity index (χ1n) is 8.55. The quantitative estimate of drug-likeness (QED) is 0.493. The summed E-state index contributed by atoms with van der Waals surface area (Å²) in [5, 5.41) is 13.9. The van der Waals surface area contributed by atoms with E-state index in [9.17, 15) is 14.4 Å². The summed E-state index contributed by atoms with van der Waals surface area (Å²) >= 11 is 0. The molecule has 0 aromatic heterocycles. The Morgan fingerprint density at radius 3 is 2.31 bits per heavy atom. The van der Waals surface area contributed by atoms with Crippen LogP contribution in [0.2, 0.25) is 0 Å². The van der Waals surface area contributed by atoms with Gasteiger partial charge in [0.15, 0.2) is 6.10 Å². The van der Waals surface area contributed by atoms with Gasteiger partial charge in [0.25, 0.3) is 11.8 Å². The van der Waals surface area contributed by atoms with Crippen molar-refractivity contribution in [2.75, 3.05) is 0 Å². The molecule has 5 unspecified atom stereocenters. The standard InChI is InChI=1S/C19H18N2O5/c1-10(19(24)25)26-14-6-2-11(3-7-14)9-20-21-17(22)15-12-4-5-13(8-12)16(15)18(21)23/h2-7,9-10,12-13,15-16H,8H2,1H3,(H,24,25). The second-order valence-corrected chi connectivity index (χ2v) is 6.90. The number of carbonyl (C=O) groups excluding carboxylic acids is 2. The van der Waals surface area contributed by atoms with Gasteiger partial charge in [-0.05, 0) is 55.0 Å². The third kappa shape index (κ3) is 2.60. The molecule has 2 amide bonds. The lowest BCUT2D eigenvalue weighted by molar-refractivity contribution is -0.144. The fourth-order valence-corrected chi connectivity index (χ4v) is 4.01. The van der Waals surface area contributed by atoms with Gasteiger partial charge in [-0.25, -0.2) is 4.79 Å². The molecular weight excluding hydrogens is 336 g/mol. The predicted molar refractivity (Wildman–Crippen MR) is 91.3 cm³/mol. The predicted octanol–water partition coefficient (Wildman–Crippen LogP) is 1.68. The van der Waals surface area contributed by atoms with Crippen molar-refractivity contribution in [3.05, 3.63) is 42.0 Å². The van der Waals surface area contributed by atoms with Crippen LogP contribution in [0.4, 0.5) is 0 Å². The molecule has 1 aliphatic heterocycles. The molecule has 0 spiro atoms. The second kappa shape index (κ2) is 6.09. The summed E-state index contributed by atoms with van der Waals surface area (Å²) in [4.78, 5) is 35.9. The molecule has 5 atom stereocenters. The number of ether oxygens (including phenoxy) is 1. The lowest BCUT2D eigenvalue weighted by Gasteiger charge is -2.13. The Balaban J connectivity index is 1.45. The van der Waals surface area contributed by atoms with E-state index in [-0.39, 0.29) is 35.5 Å². The molecule has 0 radical (unpaired) electrons. The van der Waals surface area contributed by atoms with E-state index in [0.717, 1.165) is 11.4 Å². The van der Waals surface area contributed by atoms with Gasteiger partial charge in [0, 0.05) is 0 Å². The summed E-state index contributed by atoms with van der Waals surface area (Å²) in [6.07, 6.45) is 5.48. The van der Waals surface area contributed by atoms with E-state index in [1.807, 2.05) is 12.2 Å². The van der Waals surface area contributed by atoms with Crippen molar-refractivity contribution < 1.29 is 24.2 Å². The Kier molecular flexibility index (Phi) is 3.86. The van der Waals surface area contributed by atoms with Crippen LogP contribution in [0.1, 0.15) is 18.9 Å². The molecule has 4 rings (SSSR count). The Morgan fingerprint density at radius 1 is 1.19 bits per heavy atom. The smallest absolute Gasteiger partial charge is 0.344 e. The molecule has 7 heteroatoms. The number of carboxylic acid groups (broad SMARTS) is 1. The van der Waals surface area contributed by atoms with E-state index in [4.69, 9.17) is 9.84 Å². The van der Waals surface area contributed by atoms with Gasteiger partial charge in [0.1, 0.15) is 5.75 Å². The molecule has 7 nitrogen and oxygen atoms in total. The van der Waals surface area contributed by atoms with Gasteiger partial charge in [-0.15, -0.1) is 0 Å². The number of carbonyl (C=O) groups is 3. The van der Waals surface area contributed by atoms with Crippen LogP contribution in [-0.2, 0) is 14.4 Å². The van der Waals surface area contributed by atoms with Crippen molar-refractivity contribution in [3.8, 4) is 5.75 Å². The highest BCUT2D eigenvalue weighted by atomic mass is 16.5. The van der Waals surface area contributed by atoms with Gasteiger partial charge in [0.2, 0.25) is 0 Å². The molecular formula is C19H18N2O5. The van der Waals surface area contributed by atoms with Crippen LogP contribution in [0, 0.1) is 23.7 Å². The van der Waals surface area contributed by atoms with Crippen LogP contribution in [-0.4, -0.2) is 40.2 Å². The van der Waals surface area contributed by atoms with Gasteiger partial charge in [-0.1, -0.05) is 12.2 Å². The summed E-state index contributed by atoms with van der Waals surface area (Å²) in [7, 11) is 0. The molecule has 2 fully saturated rings. The molecule has 1 saturated heterocycles. The van der Waals surface area contributed by atoms with E-state index in [1.54, 1.807) is 24.3 Å². The van der Waals surface area contributed by atoms with E-state index < -0.39 is 12.1 Å². The fraction of sp³-hybridized carbons (Fsp3) is 0.368. The number of carboxylic acids is 1. The highest BCUT2D eigenvalue weighted by molar-refractivity contribution is 6.06. The van der Waals surface area contributed by atoms with Gasteiger partial charge < -0.3 is 9.84 Å². The fourth-order valence-electron chi connectivity index (χ4n) is 4.01. The molecule has 26 heavy (non-hydrogen) atoms. The molecule has 1 heterocycles.